The molecular weight excluding hydrogens is 446 g/mol. The standard InChI is InChI=1S/C26H33N5O4/c1-18(2)14-20-4-6-21(7-5-20)22-16-27-25(34-22)8-9-26(33)31-12-10-30(11-13-31)17-24(32)28-23-15-19(3)35-29-23/h4-7,15-16,18H,8-14,17H2,1-3H3,(H,28,29,32). The van der Waals surface area contributed by atoms with Crippen LogP contribution in [-0.2, 0) is 22.4 Å². The molecule has 3 aromatic rings. The van der Waals surface area contributed by atoms with Crippen molar-refractivity contribution < 1.29 is 18.5 Å². The molecule has 0 aliphatic carbocycles. The van der Waals surface area contributed by atoms with Gasteiger partial charge < -0.3 is 19.2 Å². The van der Waals surface area contributed by atoms with Crippen molar-refractivity contribution in [3.63, 3.8) is 0 Å². The molecular formula is C26H33N5O4. The van der Waals surface area contributed by atoms with E-state index in [2.05, 4.69) is 53.6 Å². The summed E-state index contributed by atoms with van der Waals surface area (Å²) < 4.78 is 10.8. The SMILES string of the molecule is Cc1cc(NC(=O)CN2CCN(C(=O)CCc3ncc(-c4ccc(CC(C)C)cc4)o3)CC2)no1. The first-order valence-electron chi connectivity index (χ1n) is 12.1. The van der Waals surface area contributed by atoms with Crippen LogP contribution in [0.3, 0.4) is 0 Å². The number of oxazole rings is 1. The molecule has 3 heterocycles. The summed E-state index contributed by atoms with van der Waals surface area (Å²) in [6.07, 6.45) is 3.58. The van der Waals surface area contributed by atoms with Crippen LogP contribution in [0.4, 0.5) is 5.82 Å². The summed E-state index contributed by atoms with van der Waals surface area (Å²) in [6.45, 7) is 8.92. The third-order valence-corrected chi connectivity index (χ3v) is 5.98. The van der Waals surface area contributed by atoms with Gasteiger partial charge in [0.05, 0.1) is 12.7 Å². The van der Waals surface area contributed by atoms with Gasteiger partial charge in [-0.2, -0.15) is 0 Å². The fraction of sp³-hybridized carbons (Fsp3) is 0.462. The molecule has 0 unspecified atom stereocenters. The van der Waals surface area contributed by atoms with Crippen LogP contribution >= 0.6 is 0 Å². The van der Waals surface area contributed by atoms with Gasteiger partial charge >= 0.3 is 0 Å². The summed E-state index contributed by atoms with van der Waals surface area (Å²) in [5.41, 5.74) is 2.29. The Balaban J connectivity index is 1.19. The summed E-state index contributed by atoms with van der Waals surface area (Å²) in [7, 11) is 0. The van der Waals surface area contributed by atoms with E-state index in [0.29, 0.717) is 62.4 Å². The summed E-state index contributed by atoms with van der Waals surface area (Å²) in [6, 6.07) is 10.0. The van der Waals surface area contributed by atoms with E-state index in [1.807, 2.05) is 9.80 Å². The number of rotatable bonds is 9. The minimum atomic E-state index is -0.146. The van der Waals surface area contributed by atoms with Gasteiger partial charge in [-0.25, -0.2) is 4.98 Å². The van der Waals surface area contributed by atoms with Crippen molar-refractivity contribution in [3.8, 4) is 11.3 Å². The van der Waals surface area contributed by atoms with Crippen molar-refractivity contribution in [3.05, 3.63) is 53.7 Å². The highest BCUT2D eigenvalue weighted by atomic mass is 16.5. The lowest BCUT2D eigenvalue weighted by Crippen LogP contribution is -2.50. The lowest BCUT2D eigenvalue weighted by atomic mass is 10.0. The minimum absolute atomic E-state index is 0.0740. The molecule has 4 rings (SSSR count). The predicted molar refractivity (Wildman–Crippen MR) is 132 cm³/mol. The van der Waals surface area contributed by atoms with E-state index in [4.69, 9.17) is 8.94 Å². The second-order valence-corrected chi connectivity index (χ2v) is 9.44. The highest BCUT2D eigenvalue weighted by molar-refractivity contribution is 5.91. The average Bonchev–Trinajstić information content (AvgIpc) is 3.47. The zero-order chi connectivity index (χ0) is 24.8. The maximum Gasteiger partial charge on any atom is 0.239 e. The Morgan fingerprint density at radius 3 is 2.51 bits per heavy atom. The molecule has 2 aromatic heterocycles. The highest BCUT2D eigenvalue weighted by Crippen LogP contribution is 2.22. The first-order chi connectivity index (χ1) is 16.9. The second-order valence-electron chi connectivity index (χ2n) is 9.44. The van der Waals surface area contributed by atoms with E-state index < -0.39 is 0 Å². The van der Waals surface area contributed by atoms with Gasteiger partial charge in [0.2, 0.25) is 11.8 Å². The summed E-state index contributed by atoms with van der Waals surface area (Å²) >= 11 is 0. The minimum Gasteiger partial charge on any atom is -0.441 e. The Bertz CT molecular complexity index is 1130. The summed E-state index contributed by atoms with van der Waals surface area (Å²) in [5.74, 6) is 2.89. The van der Waals surface area contributed by atoms with Crippen molar-refractivity contribution in [2.45, 2.75) is 40.0 Å². The van der Waals surface area contributed by atoms with Gasteiger partial charge in [0.1, 0.15) is 5.76 Å². The van der Waals surface area contributed by atoms with Gasteiger partial charge in [-0.1, -0.05) is 43.3 Å². The average molecular weight is 480 g/mol. The zero-order valence-electron chi connectivity index (χ0n) is 20.6. The Labute approximate surface area is 205 Å². The molecule has 186 valence electrons. The van der Waals surface area contributed by atoms with E-state index in [1.54, 1.807) is 19.2 Å². The second kappa shape index (κ2) is 11.3. The Hall–Kier alpha value is -3.46. The molecule has 9 nitrogen and oxygen atoms in total. The molecule has 1 fully saturated rings. The molecule has 1 aromatic carbocycles. The monoisotopic (exact) mass is 479 g/mol. The van der Waals surface area contributed by atoms with Crippen molar-refractivity contribution in [1.29, 1.82) is 0 Å². The van der Waals surface area contributed by atoms with Crippen molar-refractivity contribution in [1.82, 2.24) is 19.9 Å². The number of carbonyl (C=O) groups is 2. The molecule has 0 bridgehead atoms. The Kier molecular flexibility index (Phi) is 7.97. The molecule has 9 heteroatoms. The molecule has 1 aliphatic rings. The van der Waals surface area contributed by atoms with Crippen molar-refractivity contribution in [2.24, 2.45) is 5.92 Å². The van der Waals surface area contributed by atoms with Gasteiger partial charge in [-0.15, -0.1) is 0 Å². The fourth-order valence-electron chi connectivity index (χ4n) is 4.17. The smallest absolute Gasteiger partial charge is 0.239 e. The number of anilines is 1. The molecule has 35 heavy (non-hydrogen) atoms. The van der Waals surface area contributed by atoms with Crippen LogP contribution in [0.15, 0.2) is 45.5 Å². The topological polar surface area (TPSA) is 105 Å². The van der Waals surface area contributed by atoms with Gasteiger partial charge in [0.25, 0.3) is 0 Å². The number of carbonyl (C=O) groups excluding carboxylic acids is 2. The third-order valence-electron chi connectivity index (χ3n) is 5.98. The van der Waals surface area contributed by atoms with E-state index in [1.165, 1.54) is 5.56 Å². The van der Waals surface area contributed by atoms with Gasteiger partial charge in [0.15, 0.2) is 17.5 Å². The van der Waals surface area contributed by atoms with Crippen molar-refractivity contribution in [2.75, 3.05) is 38.0 Å². The van der Waals surface area contributed by atoms with Crippen LogP contribution in [-0.4, -0.2) is 64.5 Å². The fourth-order valence-corrected chi connectivity index (χ4v) is 4.17. The quantitative estimate of drug-likeness (QED) is 0.500. The number of benzene rings is 1. The van der Waals surface area contributed by atoms with Crippen LogP contribution in [0.5, 0.6) is 0 Å². The Morgan fingerprint density at radius 2 is 1.86 bits per heavy atom. The van der Waals surface area contributed by atoms with Crippen molar-refractivity contribution >= 4 is 17.6 Å². The van der Waals surface area contributed by atoms with E-state index >= 15 is 0 Å². The number of nitrogens with one attached hydrogen (secondary N) is 1. The summed E-state index contributed by atoms with van der Waals surface area (Å²) in [4.78, 5) is 33.1. The molecule has 1 N–H and O–H groups in total. The molecule has 2 amide bonds. The number of piperazine rings is 1. The largest absolute Gasteiger partial charge is 0.441 e. The van der Waals surface area contributed by atoms with E-state index in [0.717, 1.165) is 17.7 Å². The van der Waals surface area contributed by atoms with Gasteiger partial charge in [0, 0.05) is 50.7 Å². The molecule has 0 radical (unpaired) electrons. The third kappa shape index (κ3) is 7.02. The van der Waals surface area contributed by atoms with Crippen LogP contribution in [0, 0.1) is 12.8 Å². The first-order valence-corrected chi connectivity index (χ1v) is 12.1. The number of hydrogen-bond acceptors (Lipinski definition) is 7. The molecule has 0 spiro atoms. The van der Waals surface area contributed by atoms with Gasteiger partial charge in [-0.3, -0.25) is 14.5 Å². The van der Waals surface area contributed by atoms with E-state index in [-0.39, 0.29) is 18.4 Å². The number of aromatic nitrogens is 2. The molecule has 0 atom stereocenters. The molecule has 1 saturated heterocycles. The normalized spacial score (nSPS) is 14.5. The molecule has 1 aliphatic heterocycles. The van der Waals surface area contributed by atoms with Crippen LogP contribution < -0.4 is 5.32 Å². The summed E-state index contributed by atoms with van der Waals surface area (Å²) in [5, 5.41) is 6.49. The highest BCUT2D eigenvalue weighted by Gasteiger charge is 2.23. The maximum atomic E-state index is 12.7. The lowest BCUT2D eigenvalue weighted by molar-refractivity contribution is -0.133. The number of aryl methyl sites for hydroxylation is 2. The van der Waals surface area contributed by atoms with E-state index in [9.17, 15) is 9.59 Å². The lowest BCUT2D eigenvalue weighted by Gasteiger charge is -2.34. The van der Waals surface area contributed by atoms with Crippen LogP contribution in [0.25, 0.3) is 11.3 Å². The number of hydrogen-bond donors (Lipinski definition) is 1. The predicted octanol–water partition coefficient (Wildman–Crippen LogP) is 3.55. The number of nitrogens with zero attached hydrogens (tertiary/aromatic N) is 4. The Morgan fingerprint density at radius 1 is 1.11 bits per heavy atom. The zero-order valence-corrected chi connectivity index (χ0v) is 20.6. The molecule has 0 saturated carbocycles. The number of amides is 2. The van der Waals surface area contributed by atoms with Crippen LogP contribution in [0.1, 0.15) is 37.5 Å². The maximum absolute atomic E-state index is 12.7. The first kappa shape index (κ1) is 24.7. The van der Waals surface area contributed by atoms with Crippen LogP contribution in [0.2, 0.25) is 0 Å². The van der Waals surface area contributed by atoms with Gasteiger partial charge in [-0.05, 0) is 24.8 Å².